The summed E-state index contributed by atoms with van der Waals surface area (Å²) in [6.45, 7) is 8.39. The number of aryl methyl sites for hydroxylation is 1. The van der Waals surface area contributed by atoms with Crippen LogP contribution in [-0.2, 0) is 0 Å². The van der Waals surface area contributed by atoms with E-state index in [1.54, 1.807) is 0 Å². The maximum absolute atomic E-state index is 6.43. The molecule has 1 aromatic rings. The molecule has 0 spiro atoms. The van der Waals surface area contributed by atoms with E-state index >= 15 is 0 Å². The van der Waals surface area contributed by atoms with Gasteiger partial charge in [-0.25, -0.2) is 0 Å². The number of halogens is 1. The highest BCUT2D eigenvalue weighted by Gasteiger charge is 2.26. The average Bonchev–Trinajstić information content (AvgIpc) is 2.81. The first-order chi connectivity index (χ1) is 11.1. The van der Waals surface area contributed by atoms with Crippen molar-refractivity contribution in [2.75, 3.05) is 0 Å². The van der Waals surface area contributed by atoms with Gasteiger partial charge in [-0.3, -0.25) is 4.99 Å². The summed E-state index contributed by atoms with van der Waals surface area (Å²) in [5.41, 5.74) is 9.52. The fourth-order valence-corrected chi connectivity index (χ4v) is 3.00. The molecule has 0 saturated carbocycles. The van der Waals surface area contributed by atoms with Crippen molar-refractivity contribution in [3.8, 4) is 0 Å². The Bertz CT molecular complexity index is 838. The van der Waals surface area contributed by atoms with Gasteiger partial charge in [0.15, 0.2) is 0 Å². The highest BCUT2D eigenvalue weighted by molar-refractivity contribution is 6.69. The number of benzene rings is 1. The van der Waals surface area contributed by atoms with Crippen LogP contribution in [0.25, 0.3) is 0 Å². The number of nitrogens with zero attached hydrogens (tertiary/aromatic N) is 1. The standard InChI is InChI=1S/C21H18ClN/c1-14-10-12-18(13-11-14)20-15(2)19(16(3)21(22)23-20)17-8-6-4-5-7-9-17/h4-6,8-13,20H,2H2,1,3H3. The zero-order valence-corrected chi connectivity index (χ0v) is 14.1. The van der Waals surface area contributed by atoms with Crippen LogP contribution in [0.1, 0.15) is 24.1 Å². The number of rotatable bonds is 2. The fraction of sp³-hybridized carbons (Fsp3) is 0.143. The highest BCUT2D eigenvalue weighted by atomic mass is 35.5. The second-order valence-electron chi connectivity index (χ2n) is 5.74. The largest absolute Gasteiger partial charge is 0.260 e. The van der Waals surface area contributed by atoms with Crippen molar-refractivity contribution < 1.29 is 0 Å². The highest BCUT2D eigenvalue weighted by Crippen LogP contribution is 2.40. The molecule has 0 amide bonds. The van der Waals surface area contributed by atoms with E-state index in [-0.39, 0.29) is 6.04 Å². The molecule has 0 aromatic heterocycles. The van der Waals surface area contributed by atoms with E-state index in [1.165, 1.54) is 5.56 Å². The van der Waals surface area contributed by atoms with Gasteiger partial charge in [-0.15, -0.1) is 5.73 Å². The van der Waals surface area contributed by atoms with Crippen molar-refractivity contribution in [2.24, 2.45) is 4.99 Å². The Balaban J connectivity index is 2.08. The van der Waals surface area contributed by atoms with Gasteiger partial charge in [0.25, 0.3) is 0 Å². The molecular weight excluding hydrogens is 302 g/mol. The molecule has 2 heteroatoms. The molecule has 1 heterocycles. The van der Waals surface area contributed by atoms with E-state index in [0.29, 0.717) is 5.17 Å². The number of hydrogen-bond acceptors (Lipinski definition) is 1. The van der Waals surface area contributed by atoms with Crippen molar-refractivity contribution in [1.29, 1.82) is 0 Å². The Morgan fingerprint density at radius 1 is 1.13 bits per heavy atom. The zero-order chi connectivity index (χ0) is 16.4. The molecule has 0 radical (unpaired) electrons. The first kappa shape index (κ1) is 15.6. The topological polar surface area (TPSA) is 12.4 Å². The number of hydrogen-bond donors (Lipinski definition) is 0. The molecule has 1 unspecified atom stereocenters. The summed E-state index contributed by atoms with van der Waals surface area (Å²) in [5, 5.41) is 0.546. The normalized spacial score (nSPS) is 20.5. The van der Waals surface area contributed by atoms with Gasteiger partial charge < -0.3 is 0 Å². The third-order valence-electron chi connectivity index (χ3n) is 4.08. The van der Waals surface area contributed by atoms with Crippen LogP contribution >= 0.6 is 11.6 Å². The van der Waals surface area contributed by atoms with Crippen molar-refractivity contribution >= 4 is 16.8 Å². The molecule has 1 nitrogen and oxygen atoms in total. The van der Waals surface area contributed by atoms with Gasteiger partial charge in [-0.05, 0) is 53.9 Å². The van der Waals surface area contributed by atoms with Gasteiger partial charge in [-0.1, -0.05) is 66.2 Å². The summed E-state index contributed by atoms with van der Waals surface area (Å²) < 4.78 is 0. The third kappa shape index (κ3) is 3.07. The van der Waals surface area contributed by atoms with Gasteiger partial charge in [-0.2, -0.15) is 0 Å². The summed E-state index contributed by atoms with van der Waals surface area (Å²) in [7, 11) is 0. The maximum Gasteiger partial charge on any atom is 0.128 e. The van der Waals surface area contributed by atoms with E-state index in [2.05, 4.69) is 54.6 Å². The second kappa shape index (κ2) is 6.42. The average molecular weight is 320 g/mol. The van der Waals surface area contributed by atoms with Gasteiger partial charge in [0, 0.05) is 0 Å². The summed E-state index contributed by atoms with van der Waals surface area (Å²) in [6, 6.07) is 8.22. The van der Waals surface area contributed by atoms with Crippen LogP contribution in [0.2, 0.25) is 0 Å². The van der Waals surface area contributed by atoms with Gasteiger partial charge in [0.2, 0.25) is 0 Å². The molecule has 1 aliphatic carbocycles. The summed E-state index contributed by atoms with van der Waals surface area (Å²) >= 11 is 6.43. The first-order valence-corrected chi connectivity index (χ1v) is 7.96. The van der Waals surface area contributed by atoms with E-state index in [1.807, 2.05) is 31.2 Å². The molecule has 3 rings (SSSR count). The Hall–Kier alpha value is -2.34. The van der Waals surface area contributed by atoms with Crippen LogP contribution in [0.3, 0.4) is 0 Å². The van der Waals surface area contributed by atoms with Gasteiger partial charge >= 0.3 is 0 Å². The Kier molecular flexibility index (Phi) is 4.34. The second-order valence-corrected chi connectivity index (χ2v) is 6.10. The SMILES string of the molecule is C=C1C(C2=CC=CC=C=C2)=C(C)C(Cl)=NC1c1ccc(C)cc1. The molecule has 114 valence electrons. The van der Waals surface area contributed by atoms with Crippen molar-refractivity contribution in [1.82, 2.24) is 0 Å². The molecule has 1 atom stereocenters. The first-order valence-electron chi connectivity index (χ1n) is 7.58. The lowest BCUT2D eigenvalue weighted by Crippen LogP contribution is -2.14. The molecule has 0 bridgehead atoms. The van der Waals surface area contributed by atoms with Crippen LogP contribution in [0.15, 0.2) is 94.2 Å². The van der Waals surface area contributed by atoms with Crippen LogP contribution in [0.4, 0.5) is 0 Å². The Morgan fingerprint density at radius 2 is 1.87 bits per heavy atom. The molecular formula is C21H18ClN. The Labute approximate surface area is 142 Å². The number of allylic oxidation sites excluding steroid dienone is 6. The van der Waals surface area contributed by atoms with Crippen LogP contribution in [0, 0.1) is 6.92 Å². The van der Waals surface area contributed by atoms with E-state index in [0.717, 1.165) is 27.9 Å². The van der Waals surface area contributed by atoms with Crippen LogP contribution in [-0.4, -0.2) is 5.17 Å². The minimum Gasteiger partial charge on any atom is -0.260 e. The monoisotopic (exact) mass is 319 g/mol. The lowest BCUT2D eigenvalue weighted by molar-refractivity contribution is 0.852. The van der Waals surface area contributed by atoms with E-state index < -0.39 is 0 Å². The lowest BCUT2D eigenvalue weighted by Gasteiger charge is -2.26. The van der Waals surface area contributed by atoms with Gasteiger partial charge in [0.05, 0.1) is 0 Å². The predicted octanol–water partition coefficient (Wildman–Crippen LogP) is 5.77. The van der Waals surface area contributed by atoms with Crippen molar-refractivity contribution in [3.63, 3.8) is 0 Å². The summed E-state index contributed by atoms with van der Waals surface area (Å²) in [5.74, 6) is 0. The molecule has 0 fully saturated rings. The molecule has 2 aliphatic rings. The number of aliphatic imine (C=N–C) groups is 1. The van der Waals surface area contributed by atoms with Crippen molar-refractivity contribution in [3.05, 3.63) is 100 Å². The molecule has 0 N–H and O–H groups in total. The van der Waals surface area contributed by atoms with E-state index in [4.69, 9.17) is 11.6 Å². The maximum atomic E-state index is 6.43. The number of dihydropyridines is 1. The Morgan fingerprint density at radius 3 is 2.61 bits per heavy atom. The lowest BCUT2D eigenvalue weighted by atomic mass is 9.85. The smallest absolute Gasteiger partial charge is 0.128 e. The fourth-order valence-electron chi connectivity index (χ4n) is 2.81. The van der Waals surface area contributed by atoms with Crippen LogP contribution in [0.5, 0.6) is 0 Å². The van der Waals surface area contributed by atoms with E-state index in [9.17, 15) is 0 Å². The quantitative estimate of drug-likeness (QED) is 0.614. The van der Waals surface area contributed by atoms with Crippen molar-refractivity contribution in [2.45, 2.75) is 19.9 Å². The van der Waals surface area contributed by atoms with Gasteiger partial charge in [0.1, 0.15) is 11.2 Å². The van der Waals surface area contributed by atoms with Crippen LogP contribution < -0.4 is 0 Å². The summed E-state index contributed by atoms with van der Waals surface area (Å²) in [6.07, 6.45) is 9.87. The molecule has 1 aromatic carbocycles. The minimum absolute atomic E-state index is 0.146. The molecule has 0 saturated heterocycles. The molecule has 1 aliphatic heterocycles. The predicted molar refractivity (Wildman–Crippen MR) is 98.9 cm³/mol. The zero-order valence-electron chi connectivity index (χ0n) is 13.3. The molecule has 23 heavy (non-hydrogen) atoms. The minimum atomic E-state index is -0.146. The summed E-state index contributed by atoms with van der Waals surface area (Å²) in [4.78, 5) is 4.65. The third-order valence-corrected chi connectivity index (χ3v) is 4.46.